The molecule has 3 N–H and O–H groups in total. The van der Waals surface area contributed by atoms with Crippen molar-refractivity contribution in [3.8, 4) is 0 Å². The van der Waals surface area contributed by atoms with Crippen LogP contribution in [0.3, 0.4) is 0 Å². The molecule has 0 radical (unpaired) electrons. The van der Waals surface area contributed by atoms with Crippen molar-refractivity contribution in [2.24, 2.45) is 0 Å². The van der Waals surface area contributed by atoms with Gasteiger partial charge in [-0.15, -0.1) is 0 Å². The molecule has 2 aromatic rings. The first-order valence-electron chi connectivity index (χ1n) is 6.21. The van der Waals surface area contributed by atoms with Crippen LogP contribution in [0.4, 0.5) is 0 Å². The van der Waals surface area contributed by atoms with Crippen LogP contribution in [0.25, 0.3) is 0 Å². The summed E-state index contributed by atoms with van der Waals surface area (Å²) in [4.78, 5) is 39.3. The zero-order valence-electron chi connectivity index (χ0n) is 11.0. The quantitative estimate of drug-likeness (QED) is 0.738. The van der Waals surface area contributed by atoms with E-state index in [1.165, 1.54) is 18.3 Å². The van der Waals surface area contributed by atoms with Crippen LogP contribution in [0.5, 0.6) is 0 Å². The lowest BCUT2D eigenvalue weighted by molar-refractivity contribution is 0.0696. The molecule has 0 bridgehead atoms. The molecular formula is C14H13N3O4. The van der Waals surface area contributed by atoms with Crippen molar-refractivity contribution >= 4 is 11.9 Å². The van der Waals surface area contributed by atoms with Crippen molar-refractivity contribution in [2.75, 3.05) is 6.54 Å². The van der Waals surface area contributed by atoms with E-state index < -0.39 is 5.97 Å². The number of carbonyl (C=O) groups is 2. The van der Waals surface area contributed by atoms with E-state index in [0.29, 0.717) is 13.0 Å². The normalized spacial score (nSPS) is 10.1. The predicted molar refractivity (Wildman–Crippen MR) is 74.3 cm³/mol. The summed E-state index contributed by atoms with van der Waals surface area (Å²) in [6.45, 7) is 0.381. The number of carboxylic acid groups (broad SMARTS) is 1. The van der Waals surface area contributed by atoms with Gasteiger partial charge in [-0.2, -0.15) is 0 Å². The van der Waals surface area contributed by atoms with Crippen molar-refractivity contribution in [3.63, 3.8) is 0 Å². The van der Waals surface area contributed by atoms with E-state index >= 15 is 0 Å². The van der Waals surface area contributed by atoms with Crippen LogP contribution in [0.1, 0.15) is 26.4 Å². The third-order valence-electron chi connectivity index (χ3n) is 2.80. The number of H-pyrrole nitrogens is 1. The van der Waals surface area contributed by atoms with Gasteiger partial charge in [-0.25, -0.2) is 9.78 Å². The summed E-state index contributed by atoms with van der Waals surface area (Å²) in [5.74, 6) is -1.35. The minimum atomic E-state index is -0.973. The molecule has 1 aromatic carbocycles. The van der Waals surface area contributed by atoms with E-state index in [1.54, 1.807) is 12.1 Å². The van der Waals surface area contributed by atoms with Gasteiger partial charge >= 0.3 is 5.97 Å². The molecule has 21 heavy (non-hydrogen) atoms. The fourth-order valence-electron chi connectivity index (χ4n) is 1.69. The molecule has 1 heterocycles. The highest BCUT2D eigenvalue weighted by molar-refractivity contribution is 5.91. The molecule has 2 rings (SSSR count). The average Bonchev–Trinajstić information content (AvgIpc) is 2.48. The zero-order valence-corrected chi connectivity index (χ0v) is 11.0. The number of carboxylic acids is 1. The SMILES string of the molecule is O=C(O)c1ccc(CCNC(=O)c2c[nH]c(=O)cn2)cc1. The Labute approximate surface area is 119 Å². The van der Waals surface area contributed by atoms with Crippen molar-refractivity contribution in [2.45, 2.75) is 6.42 Å². The van der Waals surface area contributed by atoms with E-state index in [2.05, 4.69) is 15.3 Å². The second-order valence-electron chi connectivity index (χ2n) is 4.30. The van der Waals surface area contributed by atoms with E-state index in [1.807, 2.05) is 0 Å². The molecule has 7 nitrogen and oxygen atoms in total. The summed E-state index contributed by atoms with van der Waals surface area (Å²) in [5.41, 5.74) is 0.899. The minimum Gasteiger partial charge on any atom is -0.478 e. The standard InChI is InChI=1S/C14H13N3O4/c18-12-8-16-11(7-17-12)13(19)15-6-5-9-1-3-10(4-2-9)14(20)21/h1-4,7-8H,5-6H2,(H,15,19)(H,17,18)(H,20,21). The number of rotatable bonds is 5. The van der Waals surface area contributed by atoms with Crippen LogP contribution in [-0.4, -0.2) is 33.5 Å². The Morgan fingerprint density at radius 2 is 1.95 bits per heavy atom. The Morgan fingerprint density at radius 3 is 2.52 bits per heavy atom. The van der Waals surface area contributed by atoms with E-state index in [0.717, 1.165) is 11.8 Å². The predicted octanol–water partition coefficient (Wildman–Crippen LogP) is 0.441. The number of nitrogens with one attached hydrogen (secondary N) is 2. The highest BCUT2D eigenvalue weighted by atomic mass is 16.4. The molecule has 0 aliphatic rings. The summed E-state index contributed by atoms with van der Waals surface area (Å²) in [7, 11) is 0. The van der Waals surface area contributed by atoms with Gasteiger partial charge in [-0.3, -0.25) is 9.59 Å². The Balaban J connectivity index is 1.86. The van der Waals surface area contributed by atoms with Gasteiger partial charge in [0.1, 0.15) is 5.69 Å². The maximum atomic E-state index is 11.7. The molecule has 0 saturated heterocycles. The minimum absolute atomic E-state index is 0.135. The molecule has 0 unspecified atom stereocenters. The maximum absolute atomic E-state index is 11.7. The first kappa shape index (κ1) is 14.4. The first-order valence-corrected chi connectivity index (χ1v) is 6.21. The summed E-state index contributed by atoms with van der Waals surface area (Å²) >= 11 is 0. The number of aromatic amines is 1. The fraction of sp³-hybridized carbons (Fsp3) is 0.143. The van der Waals surface area contributed by atoms with Gasteiger partial charge in [-0.05, 0) is 24.1 Å². The van der Waals surface area contributed by atoms with Crippen molar-refractivity contribution in [1.29, 1.82) is 0 Å². The number of benzene rings is 1. The van der Waals surface area contributed by atoms with E-state index in [9.17, 15) is 14.4 Å². The monoisotopic (exact) mass is 287 g/mol. The highest BCUT2D eigenvalue weighted by Crippen LogP contribution is 2.04. The Hall–Kier alpha value is -2.96. The van der Waals surface area contributed by atoms with Crippen molar-refractivity contribution in [1.82, 2.24) is 15.3 Å². The number of aromatic carboxylic acids is 1. The number of hydrogen-bond acceptors (Lipinski definition) is 4. The molecule has 0 atom stereocenters. The van der Waals surface area contributed by atoms with Gasteiger partial charge in [0, 0.05) is 12.7 Å². The average molecular weight is 287 g/mol. The smallest absolute Gasteiger partial charge is 0.335 e. The van der Waals surface area contributed by atoms with Crippen molar-refractivity contribution in [3.05, 3.63) is 63.8 Å². The summed E-state index contributed by atoms with van der Waals surface area (Å²) in [6, 6.07) is 6.44. The van der Waals surface area contributed by atoms with Crippen LogP contribution >= 0.6 is 0 Å². The number of hydrogen-bond donors (Lipinski definition) is 3. The zero-order chi connectivity index (χ0) is 15.2. The van der Waals surface area contributed by atoms with Gasteiger partial charge in [-0.1, -0.05) is 12.1 Å². The van der Waals surface area contributed by atoms with Crippen LogP contribution < -0.4 is 10.9 Å². The molecule has 1 aromatic heterocycles. The number of carbonyl (C=O) groups excluding carboxylic acids is 1. The Morgan fingerprint density at radius 1 is 1.24 bits per heavy atom. The summed E-state index contributed by atoms with van der Waals surface area (Å²) in [5, 5.41) is 11.4. The number of amides is 1. The van der Waals surface area contributed by atoms with Gasteiger partial charge in [0.25, 0.3) is 11.5 Å². The molecule has 0 aliphatic carbocycles. The molecular weight excluding hydrogens is 274 g/mol. The molecule has 0 spiro atoms. The third kappa shape index (κ3) is 4.00. The van der Waals surface area contributed by atoms with E-state index in [-0.39, 0.29) is 22.7 Å². The lowest BCUT2D eigenvalue weighted by Gasteiger charge is -2.05. The molecule has 0 fully saturated rings. The summed E-state index contributed by atoms with van der Waals surface area (Å²) in [6.07, 6.45) is 2.86. The lowest BCUT2D eigenvalue weighted by Crippen LogP contribution is -2.27. The molecule has 7 heteroatoms. The van der Waals surface area contributed by atoms with Gasteiger partial charge in [0.2, 0.25) is 0 Å². The van der Waals surface area contributed by atoms with Crippen LogP contribution in [0.2, 0.25) is 0 Å². The van der Waals surface area contributed by atoms with Crippen molar-refractivity contribution < 1.29 is 14.7 Å². The molecule has 0 aliphatic heterocycles. The van der Waals surface area contributed by atoms with E-state index in [4.69, 9.17) is 5.11 Å². The lowest BCUT2D eigenvalue weighted by atomic mass is 10.1. The largest absolute Gasteiger partial charge is 0.478 e. The number of aromatic nitrogens is 2. The third-order valence-corrected chi connectivity index (χ3v) is 2.80. The van der Waals surface area contributed by atoms with Gasteiger partial charge < -0.3 is 15.4 Å². The Bertz CT molecular complexity index is 686. The van der Waals surface area contributed by atoms with Crippen LogP contribution in [0.15, 0.2) is 41.5 Å². The van der Waals surface area contributed by atoms with Gasteiger partial charge in [0.05, 0.1) is 11.8 Å². The highest BCUT2D eigenvalue weighted by Gasteiger charge is 2.06. The van der Waals surface area contributed by atoms with Crippen LogP contribution in [0, 0.1) is 0 Å². The maximum Gasteiger partial charge on any atom is 0.335 e. The molecule has 0 saturated carbocycles. The van der Waals surface area contributed by atoms with Gasteiger partial charge in [0.15, 0.2) is 0 Å². The first-order chi connectivity index (χ1) is 10.1. The second-order valence-corrected chi connectivity index (χ2v) is 4.30. The number of nitrogens with zero attached hydrogens (tertiary/aromatic N) is 1. The summed E-state index contributed by atoms with van der Waals surface area (Å²) < 4.78 is 0. The van der Waals surface area contributed by atoms with Crippen LogP contribution in [-0.2, 0) is 6.42 Å². The second kappa shape index (κ2) is 6.47. The fourth-order valence-corrected chi connectivity index (χ4v) is 1.69. The molecule has 1 amide bonds. The Kier molecular flexibility index (Phi) is 4.45. The molecule has 108 valence electrons. The topological polar surface area (TPSA) is 112 Å².